The predicted octanol–water partition coefficient (Wildman–Crippen LogP) is 4.37. The number of hydrogen-bond donors (Lipinski definition) is 0. The van der Waals surface area contributed by atoms with Crippen molar-refractivity contribution in [2.75, 3.05) is 6.54 Å². The number of alkyl halides is 2. The van der Waals surface area contributed by atoms with E-state index in [1.165, 1.54) is 12.1 Å². The molecule has 2 aromatic rings. The molecule has 1 saturated heterocycles. The molecule has 1 saturated carbocycles. The molecule has 1 aliphatic carbocycles. The van der Waals surface area contributed by atoms with Gasteiger partial charge in [0.15, 0.2) is 5.78 Å². The maximum Gasteiger partial charge on any atom is 0.273 e. The number of nitro benzene ring substituents is 1. The van der Waals surface area contributed by atoms with Crippen LogP contribution < -0.4 is 0 Å². The van der Waals surface area contributed by atoms with Crippen LogP contribution in [-0.4, -0.2) is 54.6 Å². The number of hydrazine groups is 1. The van der Waals surface area contributed by atoms with Crippen molar-refractivity contribution in [3.8, 4) is 0 Å². The van der Waals surface area contributed by atoms with Gasteiger partial charge in [-0.05, 0) is 56.0 Å². The number of nitro groups is 1. The Hall–Kier alpha value is -2.92. The van der Waals surface area contributed by atoms with Crippen LogP contribution in [0.15, 0.2) is 42.5 Å². The number of hydrogen-bond acceptors (Lipinski definition) is 6. The normalized spacial score (nSPS) is 23.4. The van der Waals surface area contributed by atoms with Gasteiger partial charge in [0.2, 0.25) is 0 Å². The molecule has 2 fully saturated rings. The molecule has 0 N–H and O–H groups in total. The lowest BCUT2D eigenvalue weighted by Gasteiger charge is -2.30. The number of nitrogens with zero attached hydrogens (tertiary/aromatic N) is 3. The third-order valence-corrected chi connectivity index (χ3v) is 9.54. The zero-order chi connectivity index (χ0) is 26.3. The largest absolute Gasteiger partial charge is 0.292 e. The quantitative estimate of drug-likeness (QED) is 0.156. The van der Waals surface area contributed by atoms with Gasteiger partial charge in [-0.1, -0.05) is 44.0 Å². The van der Waals surface area contributed by atoms with Crippen LogP contribution in [0.4, 0.5) is 5.69 Å². The average molecular weight is 621 g/mol. The van der Waals surface area contributed by atoms with E-state index in [4.69, 9.17) is 0 Å². The Labute approximate surface area is 224 Å². The molecule has 0 radical (unpaired) electrons. The van der Waals surface area contributed by atoms with Gasteiger partial charge in [-0.2, -0.15) is 5.01 Å². The maximum atomic E-state index is 13.6. The number of carbonyl (C=O) groups is 4. The molecule has 0 spiro atoms. The monoisotopic (exact) mass is 619 g/mol. The van der Waals surface area contributed by atoms with Crippen LogP contribution >= 0.6 is 31.9 Å². The first-order chi connectivity index (χ1) is 17.0. The summed E-state index contributed by atoms with van der Waals surface area (Å²) < 4.78 is 0. The van der Waals surface area contributed by atoms with Crippen molar-refractivity contribution in [2.45, 2.75) is 36.3 Å². The van der Waals surface area contributed by atoms with E-state index in [0.717, 1.165) is 33.3 Å². The fourth-order valence-corrected chi connectivity index (χ4v) is 5.80. The Bertz CT molecular complexity index is 1240. The van der Waals surface area contributed by atoms with Gasteiger partial charge < -0.3 is 0 Å². The smallest absolute Gasteiger partial charge is 0.273 e. The van der Waals surface area contributed by atoms with Crippen LogP contribution in [0.5, 0.6) is 0 Å². The minimum Gasteiger partial charge on any atom is -0.292 e. The summed E-state index contributed by atoms with van der Waals surface area (Å²) in [7, 11) is 0. The Kier molecular flexibility index (Phi) is 7.42. The van der Waals surface area contributed by atoms with E-state index in [-0.39, 0.29) is 20.9 Å². The Balaban J connectivity index is 1.70. The number of ketones is 1. The van der Waals surface area contributed by atoms with Crippen LogP contribution in [-0.2, 0) is 9.59 Å². The van der Waals surface area contributed by atoms with Gasteiger partial charge >= 0.3 is 0 Å². The molecule has 188 valence electrons. The zero-order valence-electron chi connectivity index (χ0n) is 19.5. The topological polar surface area (TPSA) is 118 Å². The number of aryl methyl sites for hydroxylation is 2. The lowest BCUT2D eigenvalue weighted by molar-refractivity contribution is -0.384. The summed E-state index contributed by atoms with van der Waals surface area (Å²) in [6.07, 6.45) is 0.818. The highest BCUT2D eigenvalue weighted by Gasteiger charge is 2.54. The Morgan fingerprint density at radius 3 is 1.97 bits per heavy atom. The first-order valence-electron chi connectivity index (χ1n) is 11.3. The molecule has 36 heavy (non-hydrogen) atoms. The van der Waals surface area contributed by atoms with Crippen molar-refractivity contribution < 1.29 is 24.1 Å². The van der Waals surface area contributed by atoms with Gasteiger partial charge in [0.25, 0.3) is 23.4 Å². The number of halogens is 2. The fourth-order valence-electron chi connectivity index (χ4n) is 4.57. The van der Waals surface area contributed by atoms with Crippen molar-refractivity contribution in [3.63, 3.8) is 0 Å². The highest BCUT2D eigenvalue weighted by atomic mass is 79.9. The second-order valence-corrected chi connectivity index (χ2v) is 11.4. The number of carbonyl (C=O) groups excluding carboxylic acids is 4. The summed E-state index contributed by atoms with van der Waals surface area (Å²) in [5.74, 6) is -3.50. The van der Waals surface area contributed by atoms with Crippen molar-refractivity contribution in [3.05, 3.63) is 74.8 Å². The number of rotatable bonds is 6. The minimum atomic E-state index is -0.770. The van der Waals surface area contributed by atoms with E-state index in [9.17, 15) is 29.3 Å². The predicted molar refractivity (Wildman–Crippen MR) is 138 cm³/mol. The Morgan fingerprint density at radius 1 is 0.944 bits per heavy atom. The highest BCUT2D eigenvalue weighted by Crippen LogP contribution is 2.43. The molecular weight excluding hydrogens is 598 g/mol. The van der Waals surface area contributed by atoms with Gasteiger partial charge in [0.05, 0.1) is 16.8 Å². The van der Waals surface area contributed by atoms with E-state index in [0.29, 0.717) is 18.4 Å². The van der Waals surface area contributed by atoms with E-state index >= 15 is 0 Å². The molecule has 2 aromatic carbocycles. The molecule has 0 bridgehead atoms. The van der Waals surface area contributed by atoms with Gasteiger partial charge in [-0.3, -0.25) is 29.3 Å². The zero-order valence-corrected chi connectivity index (χ0v) is 22.7. The SMILES string of the molecule is Cc1ccc(C(=O)CN(C(=O)c2ccc([N+](=O)[O-])cc2)N2C(=O)[C@@H]3C[C@@H](Br)[C@@H](Br)C[C@H]3C2=O)cc1C. The van der Waals surface area contributed by atoms with Gasteiger partial charge in [-0.25, -0.2) is 5.01 Å². The molecule has 0 aromatic heterocycles. The van der Waals surface area contributed by atoms with Crippen molar-refractivity contribution in [1.29, 1.82) is 0 Å². The van der Waals surface area contributed by atoms with Gasteiger partial charge in [-0.15, -0.1) is 0 Å². The molecule has 1 heterocycles. The number of benzene rings is 2. The number of amides is 3. The third kappa shape index (κ3) is 4.86. The summed E-state index contributed by atoms with van der Waals surface area (Å²) in [5.41, 5.74) is 2.03. The second-order valence-electron chi connectivity index (χ2n) is 9.09. The summed E-state index contributed by atoms with van der Waals surface area (Å²) in [6.45, 7) is 3.23. The lowest BCUT2D eigenvalue weighted by atomic mass is 9.81. The minimum absolute atomic E-state index is 0.0145. The third-order valence-electron chi connectivity index (χ3n) is 6.81. The molecule has 4 atom stereocenters. The van der Waals surface area contributed by atoms with E-state index in [1.807, 2.05) is 13.8 Å². The molecular formula is C25H23Br2N3O6. The van der Waals surface area contributed by atoms with Crippen LogP contribution in [0.2, 0.25) is 0 Å². The Morgan fingerprint density at radius 2 is 1.47 bits per heavy atom. The van der Waals surface area contributed by atoms with E-state index in [1.54, 1.807) is 18.2 Å². The van der Waals surface area contributed by atoms with Crippen molar-refractivity contribution in [1.82, 2.24) is 10.0 Å². The van der Waals surface area contributed by atoms with Crippen LogP contribution in [0.3, 0.4) is 0 Å². The number of Topliss-reactive ketones (excluding diaryl/α,β-unsaturated/α-hetero) is 1. The number of fused-ring (bicyclic) bond motifs is 1. The standard InChI is InChI=1S/C25H23Br2N3O6/c1-13-3-4-16(9-14(13)2)22(31)12-28(23(32)15-5-7-17(8-6-15)30(35)36)29-24(33)18-10-20(26)21(27)11-19(18)25(29)34/h3-9,18-21H,10-12H2,1-2H3/t18-,19-,20-,21+/m1/s1. The van der Waals surface area contributed by atoms with E-state index in [2.05, 4.69) is 31.9 Å². The van der Waals surface area contributed by atoms with Crippen LogP contribution in [0, 0.1) is 35.8 Å². The number of imide groups is 1. The molecule has 1 aliphatic heterocycles. The van der Waals surface area contributed by atoms with E-state index < -0.39 is 46.8 Å². The van der Waals surface area contributed by atoms with Crippen LogP contribution in [0.1, 0.15) is 44.7 Å². The maximum absolute atomic E-state index is 13.6. The summed E-state index contributed by atoms with van der Waals surface area (Å²) >= 11 is 7.09. The lowest BCUT2D eigenvalue weighted by Crippen LogP contribution is -2.52. The van der Waals surface area contributed by atoms with Gasteiger partial charge in [0, 0.05) is 32.9 Å². The second kappa shape index (κ2) is 10.2. The fraction of sp³-hybridized carbons (Fsp3) is 0.360. The molecule has 9 nitrogen and oxygen atoms in total. The first-order valence-corrected chi connectivity index (χ1v) is 13.2. The molecule has 11 heteroatoms. The first kappa shape index (κ1) is 26.2. The summed E-state index contributed by atoms with van der Waals surface area (Å²) in [6, 6.07) is 9.94. The van der Waals surface area contributed by atoms with Gasteiger partial charge in [0.1, 0.15) is 6.54 Å². The summed E-state index contributed by atoms with van der Waals surface area (Å²) in [4.78, 5) is 64.0. The molecule has 4 rings (SSSR count). The molecule has 3 amide bonds. The molecule has 2 aliphatic rings. The highest BCUT2D eigenvalue weighted by molar-refractivity contribution is 9.12. The van der Waals surface area contributed by atoms with Crippen molar-refractivity contribution in [2.24, 2.45) is 11.8 Å². The average Bonchev–Trinajstić information content (AvgIpc) is 3.08. The number of non-ortho nitro benzene ring substituents is 1. The summed E-state index contributed by atoms with van der Waals surface area (Å²) in [5, 5.41) is 12.7. The molecule has 0 unspecified atom stereocenters. The van der Waals surface area contributed by atoms with Crippen LogP contribution in [0.25, 0.3) is 0 Å². The van der Waals surface area contributed by atoms with Crippen molar-refractivity contribution >= 4 is 61.1 Å².